The molecule has 0 aromatic carbocycles. The van der Waals surface area contributed by atoms with Crippen LogP contribution in [-0.2, 0) is 9.47 Å². The van der Waals surface area contributed by atoms with E-state index in [0.717, 1.165) is 19.1 Å². The molecule has 18 heavy (non-hydrogen) atoms. The first-order chi connectivity index (χ1) is 8.77. The van der Waals surface area contributed by atoms with Crippen LogP contribution in [0.1, 0.15) is 32.6 Å². The molecule has 0 saturated heterocycles. The van der Waals surface area contributed by atoms with E-state index >= 15 is 0 Å². The van der Waals surface area contributed by atoms with Crippen molar-refractivity contribution in [3.05, 3.63) is 0 Å². The van der Waals surface area contributed by atoms with Gasteiger partial charge in [-0.25, -0.2) is 0 Å². The molecule has 0 bridgehead atoms. The lowest BCUT2D eigenvalue weighted by molar-refractivity contribution is 0.00615. The van der Waals surface area contributed by atoms with Crippen LogP contribution in [0.3, 0.4) is 0 Å². The van der Waals surface area contributed by atoms with Crippen molar-refractivity contribution in [1.29, 1.82) is 0 Å². The van der Waals surface area contributed by atoms with Crippen LogP contribution in [0.15, 0.2) is 0 Å². The second-order valence-electron chi connectivity index (χ2n) is 5.69. The van der Waals surface area contributed by atoms with Gasteiger partial charge >= 0.3 is 0 Å². The van der Waals surface area contributed by atoms with Gasteiger partial charge in [0, 0.05) is 19.7 Å². The van der Waals surface area contributed by atoms with Crippen LogP contribution in [0, 0.1) is 11.3 Å². The monoisotopic (exact) mass is 257 g/mol. The average Bonchev–Trinajstić information content (AvgIpc) is 3.21. The van der Waals surface area contributed by atoms with Crippen molar-refractivity contribution in [2.75, 3.05) is 39.5 Å². The molecule has 0 radical (unpaired) electrons. The molecule has 2 N–H and O–H groups in total. The van der Waals surface area contributed by atoms with E-state index in [1.807, 2.05) is 6.92 Å². The average molecular weight is 257 g/mol. The predicted molar refractivity (Wildman–Crippen MR) is 70.6 cm³/mol. The lowest BCUT2D eigenvalue weighted by atomic mass is 10.0. The quantitative estimate of drug-likeness (QED) is 0.546. The second-order valence-corrected chi connectivity index (χ2v) is 5.69. The maximum absolute atomic E-state index is 9.75. The number of aliphatic hydroxyl groups is 1. The van der Waals surface area contributed by atoms with Crippen LogP contribution in [-0.4, -0.2) is 50.7 Å². The minimum atomic E-state index is -0.401. The van der Waals surface area contributed by atoms with Gasteiger partial charge in [-0.1, -0.05) is 0 Å². The highest BCUT2D eigenvalue weighted by Crippen LogP contribution is 2.60. The maximum atomic E-state index is 9.75. The smallest absolute Gasteiger partial charge is 0.0897 e. The Labute approximate surface area is 110 Å². The zero-order valence-electron chi connectivity index (χ0n) is 11.5. The first-order valence-corrected chi connectivity index (χ1v) is 7.31. The van der Waals surface area contributed by atoms with E-state index in [-0.39, 0.29) is 0 Å². The summed E-state index contributed by atoms with van der Waals surface area (Å²) >= 11 is 0. The topological polar surface area (TPSA) is 50.7 Å². The lowest BCUT2D eigenvalue weighted by Gasteiger charge is -2.17. The summed E-state index contributed by atoms with van der Waals surface area (Å²) in [4.78, 5) is 0. The van der Waals surface area contributed by atoms with Gasteiger partial charge in [0.2, 0.25) is 0 Å². The zero-order chi connectivity index (χ0) is 12.8. The largest absolute Gasteiger partial charge is 0.389 e. The molecule has 0 aliphatic heterocycles. The highest BCUT2D eigenvalue weighted by atomic mass is 16.5. The zero-order valence-corrected chi connectivity index (χ0v) is 11.5. The van der Waals surface area contributed by atoms with Gasteiger partial charge in [-0.05, 0) is 43.9 Å². The van der Waals surface area contributed by atoms with Gasteiger partial charge in [0.05, 0.1) is 25.9 Å². The standard InChI is InChI=1S/C14H27NO3/c1-2-17-7-8-18-10-13(16)9-15-11-14(5-6-14)12-3-4-12/h12-13,15-16H,2-11H2,1H3. The third-order valence-electron chi connectivity index (χ3n) is 4.08. The van der Waals surface area contributed by atoms with Crippen molar-refractivity contribution in [3.63, 3.8) is 0 Å². The molecule has 4 nitrogen and oxygen atoms in total. The number of aliphatic hydroxyl groups excluding tert-OH is 1. The van der Waals surface area contributed by atoms with Gasteiger partial charge < -0.3 is 19.9 Å². The highest BCUT2D eigenvalue weighted by molar-refractivity contribution is 5.05. The summed E-state index contributed by atoms with van der Waals surface area (Å²) in [5.41, 5.74) is 0.607. The van der Waals surface area contributed by atoms with E-state index in [9.17, 15) is 5.11 Å². The van der Waals surface area contributed by atoms with E-state index in [2.05, 4.69) is 5.32 Å². The number of hydrogen-bond acceptors (Lipinski definition) is 4. The third-order valence-corrected chi connectivity index (χ3v) is 4.08. The lowest BCUT2D eigenvalue weighted by Crippen LogP contribution is -2.35. The van der Waals surface area contributed by atoms with Crippen molar-refractivity contribution >= 4 is 0 Å². The molecule has 0 spiro atoms. The molecule has 0 aromatic rings. The van der Waals surface area contributed by atoms with Gasteiger partial charge in [-0.3, -0.25) is 0 Å². The van der Waals surface area contributed by atoms with Crippen LogP contribution in [0.25, 0.3) is 0 Å². The molecule has 2 saturated carbocycles. The van der Waals surface area contributed by atoms with E-state index < -0.39 is 6.10 Å². The van der Waals surface area contributed by atoms with Crippen molar-refractivity contribution in [2.24, 2.45) is 11.3 Å². The fraction of sp³-hybridized carbons (Fsp3) is 1.00. The Bertz CT molecular complexity index is 239. The van der Waals surface area contributed by atoms with Gasteiger partial charge in [0.15, 0.2) is 0 Å². The Morgan fingerprint density at radius 2 is 2.00 bits per heavy atom. The summed E-state index contributed by atoms with van der Waals surface area (Å²) in [5, 5.41) is 13.1. The molecule has 2 aliphatic carbocycles. The molecule has 1 unspecified atom stereocenters. The van der Waals surface area contributed by atoms with Gasteiger partial charge in [-0.2, -0.15) is 0 Å². The van der Waals surface area contributed by atoms with Crippen molar-refractivity contribution in [2.45, 2.75) is 38.7 Å². The maximum Gasteiger partial charge on any atom is 0.0897 e. The Hall–Kier alpha value is -0.160. The summed E-state index contributed by atoms with van der Waals surface area (Å²) in [7, 11) is 0. The summed E-state index contributed by atoms with van der Waals surface area (Å²) < 4.78 is 10.5. The van der Waals surface area contributed by atoms with Crippen LogP contribution in [0.4, 0.5) is 0 Å². The number of hydrogen-bond donors (Lipinski definition) is 2. The van der Waals surface area contributed by atoms with E-state index in [1.165, 1.54) is 25.7 Å². The molecular weight excluding hydrogens is 230 g/mol. The van der Waals surface area contributed by atoms with Gasteiger partial charge in [0.1, 0.15) is 0 Å². The summed E-state index contributed by atoms with van der Waals surface area (Å²) in [5.74, 6) is 0.976. The molecule has 1 atom stereocenters. The van der Waals surface area contributed by atoms with E-state index in [0.29, 0.717) is 31.8 Å². The second kappa shape index (κ2) is 6.85. The first-order valence-electron chi connectivity index (χ1n) is 7.31. The molecular formula is C14H27NO3. The Morgan fingerprint density at radius 3 is 2.61 bits per heavy atom. The number of rotatable bonds is 11. The van der Waals surface area contributed by atoms with Gasteiger partial charge in [-0.15, -0.1) is 0 Å². The molecule has 2 rings (SSSR count). The molecule has 4 heteroatoms. The number of nitrogens with one attached hydrogen (secondary N) is 1. The van der Waals surface area contributed by atoms with Crippen molar-refractivity contribution in [3.8, 4) is 0 Å². The SMILES string of the molecule is CCOCCOCC(O)CNCC1(C2CC2)CC1. The molecule has 0 heterocycles. The number of ether oxygens (including phenoxy) is 2. The predicted octanol–water partition coefficient (Wildman–Crippen LogP) is 1.18. The van der Waals surface area contributed by atoms with Crippen molar-refractivity contribution < 1.29 is 14.6 Å². The fourth-order valence-corrected chi connectivity index (χ4v) is 2.61. The minimum absolute atomic E-state index is 0.399. The molecule has 2 fully saturated rings. The Morgan fingerprint density at radius 1 is 1.28 bits per heavy atom. The van der Waals surface area contributed by atoms with Crippen molar-refractivity contribution in [1.82, 2.24) is 5.32 Å². The van der Waals surface area contributed by atoms with Gasteiger partial charge in [0.25, 0.3) is 0 Å². The van der Waals surface area contributed by atoms with Crippen LogP contribution in [0.2, 0.25) is 0 Å². The molecule has 106 valence electrons. The molecule has 0 amide bonds. The third kappa shape index (κ3) is 4.50. The van der Waals surface area contributed by atoms with Crippen LogP contribution in [0.5, 0.6) is 0 Å². The van der Waals surface area contributed by atoms with Crippen LogP contribution < -0.4 is 5.32 Å². The minimum Gasteiger partial charge on any atom is -0.389 e. The first kappa shape index (κ1) is 14.3. The molecule has 2 aliphatic rings. The summed E-state index contributed by atoms with van der Waals surface area (Å²) in [6, 6.07) is 0. The summed E-state index contributed by atoms with van der Waals surface area (Å²) in [6.45, 7) is 5.98. The normalized spacial score (nSPS) is 23.0. The van der Waals surface area contributed by atoms with E-state index in [4.69, 9.17) is 9.47 Å². The Balaban J connectivity index is 1.43. The molecule has 0 aromatic heterocycles. The fourth-order valence-electron chi connectivity index (χ4n) is 2.61. The van der Waals surface area contributed by atoms with Crippen LogP contribution >= 0.6 is 0 Å². The summed E-state index contributed by atoms with van der Waals surface area (Å²) in [6.07, 6.45) is 5.20. The van der Waals surface area contributed by atoms with E-state index in [1.54, 1.807) is 0 Å². The Kier molecular flexibility index (Phi) is 5.42. The highest BCUT2D eigenvalue weighted by Gasteiger charge is 2.53.